The number of carbonyl (C=O) groups excluding carboxylic acids is 1. The molecular formula is C21H32N2O3. The first-order valence-electron chi connectivity index (χ1n) is 9.49. The van der Waals surface area contributed by atoms with Gasteiger partial charge < -0.3 is 19.0 Å². The number of benzene rings is 1. The lowest BCUT2D eigenvalue weighted by Crippen LogP contribution is -2.40. The minimum atomic E-state index is 0.0374. The van der Waals surface area contributed by atoms with Crippen LogP contribution in [0.2, 0.25) is 0 Å². The van der Waals surface area contributed by atoms with Crippen molar-refractivity contribution in [3.63, 3.8) is 0 Å². The van der Waals surface area contributed by atoms with Gasteiger partial charge in [-0.1, -0.05) is 27.7 Å². The highest BCUT2D eigenvalue weighted by molar-refractivity contribution is 6.07. The minimum absolute atomic E-state index is 0.0374. The molecule has 0 saturated heterocycles. The van der Waals surface area contributed by atoms with E-state index in [0.29, 0.717) is 17.2 Å². The number of furan rings is 1. The second-order valence-electron chi connectivity index (χ2n) is 7.07. The molecule has 2 aromatic rings. The number of rotatable bonds is 9. The van der Waals surface area contributed by atoms with E-state index in [1.807, 2.05) is 30.0 Å². The van der Waals surface area contributed by atoms with Gasteiger partial charge in [-0.15, -0.1) is 0 Å². The van der Waals surface area contributed by atoms with Gasteiger partial charge in [0.15, 0.2) is 0 Å². The normalized spacial score (nSPS) is 11.5. The highest BCUT2D eigenvalue weighted by Gasteiger charge is 2.24. The Morgan fingerprint density at radius 2 is 1.88 bits per heavy atom. The fourth-order valence-corrected chi connectivity index (χ4v) is 3.27. The fraction of sp³-hybridized carbons (Fsp3) is 0.571. The van der Waals surface area contributed by atoms with E-state index < -0.39 is 0 Å². The van der Waals surface area contributed by atoms with E-state index >= 15 is 0 Å². The maximum atomic E-state index is 13.4. The SMILES string of the molecule is CCN(CC)CCN(CC(C)C)C(=O)c1c(C)oc2ccc(OC)cc12. The van der Waals surface area contributed by atoms with Crippen molar-refractivity contribution in [2.45, 2.75) is 34.6 Å². The summed E-state index contributed by atoms with van der Waals surface area (Å²) in [4.78, 5) is 17.7. The van der Waals surface area contributed by atoms with Crippen LogP contribution in [0.15, 0.2) is 22.6 Å². The van der Waals surface area contributed by atoms with Gasteiger partial charge in [-0.05, 0) is 44.1 Å². The van der Waals surface area contributed by atoms with Gasteiger partial charge >= 0.3 is 0 Å². The molecule has 26 heavy (non-hydrogen) atoms. The van der Waals surface area contributed by atoms with Crippen molar-refractivity contribution in [3.8, 4) is 5.75 Å². The predicted molar refractivity (Wildman–Crippen MR) is 106 cm³/mol. The van der Waals surface area contributed by atoms with Crippen molar-refractivity contribution < 1.29 is 13.9 Å². The third-order valence-electron chi connectivity index (χ3n) is 4.74. The molecule has 1 aromatic carbocycles. The Hall–Kier alpha value is -2.01. The number of methoxy groups -OCH3 is 1. The van der Waals surface area contributed by atoms with E-state index in [1.54, 1.807) is 7.11 Å². The maximum absolute atomic E-state index is 13.4. The molecule has 0 N–H and O–H groups in total. The molecule has 0 aliphatic carbocycles. The van der Waals surface area contributed by atoms with Gasteiger partial charge in [0.2, 0.25) is 0 Å². The zero-order valence-electron chi connectivity index (χ0n) is 17.0. The first-order valence-corrected chi connectivity index (χ1v) is 9.49. The number of hydrogen-bond acceptors (Lipinski definition) is 4. The number of nitrogens with zero attached hydrogens (tertiary/aromatic N) is 2. The molecule has 0 unspecified atom stereocenters. The van der Waals surface area contributed by atoms with Crippen molar-refractivity contribution >= 4 is 16.9 Å². The van der Waals surface area contributed by atoms with Gasteiger partial charge in [-0.25, -0.2) is 0 Å². The van der Waals surface area contributed by atoms with Crippen molar-refractivity contribution in [1.82, 2.24) is 9.80 Å². The number of aryl methyl sites for hydroxylation is 1. The van der Waals surface area contributed by atoms with Crippen molar-refractivity contribution in [2.75, 3.05) is 39.8 Å². The molecular weight excluding hydrogens is 328 g/mol. The number of ether oxygens (including phenoxy) is 1. The first-order chi connectivity index (χ1) is 12.4. The molecule has 0 fully saturated rings. The summed E-state index contributed by atoms with van der Waals surface area (Å²) in [6.07, 6.45) is 0. The molecule has 0 bridgehead atoms. The summed E-state index contributed by atoms with van der Waals surface area (Å²) in [6.45, 7) is 14.8. The van der Waals surface area contributed by atoms with Crippen LogP contribution in [-0.2, 0) is 0 Å². The van der Waals surface area contributed by atoms with Crippen LogP contribution in [0, 0.1) is 12.8 Å². The molecule has 0 saturated carbocycles. The van der Waals surface area contributed by atoms with E-state index in [9.17, 15) is 4.79 Å². The summed E-state index contributed by atoms with van der Waals surface area (Å²) < 4.78 is 11.2. The Balaban J connectivity index is 2.34. The largest absolute Gasteiger partial charge is 0.497 e. The van der Waals surface area contributed by atoms with Gasteiger partial charge in [0.1, 0.15) is 17.1 Å². The van der Waals surface area contributed by atoms with Gasteiger partial charge in [-0.2, -0.15) is 0 Å². The van der Waals surface area contributed by atoms with Crippen LogP contribution < -0.4 is 4.74 Å². The van der Waals surface area contributed by atoms with E-state index in [0.717, 1.165) is 49.4 Å². The Labute approximate surface area is 156 Å². The molecule has 144 valence electrons. The van der Waals surface area contributed by atoms with Gasteiger partial charge in [-0.3, -0.25) is 4.79 Å². The smallest absolute Gasteiger partial charge is 0.258 e. The second kappa shape index (κ2) is 9.08. The summed E-state index contributed by atoms with van der Waals surface area (Å²) in [5, 5.41) is 0.823. The van der Waals surface area contributed by atoms with Crippen LogP contribution >= 0.6 is 0 Å². The predicted octanol–water partition coefficient (Wildman–Crippen LogP) is 4.19. The highest BCUT2D eigenvalue weighted by Crippen LogP contribution is 2.30. The lowest BCUT2D eigenvalue weighted by atomic mass is 10.1. The van der Waals surface area contributed by atoms with E-state index in [4.69, 9.17) is 9.15 Å². The number of amides is 1. The number of likely N-dealkylation sites (N-methyl/N-ethyl adjacent to an activating group) is 1. The summed E-state index contributed by atoms with van der Waals surface area (Å²) in [6, 6.07) is 5.60. The molecule has 2 rings (SSSR count). The molecule has 0 aliphatic rings. The fourth-order valence-electron chi connectivity index (χ4n) is 3.27. The molecule has 0 atom stereocenters. The zero-order valence-corrected chi connectivity index (χ0v) is 17.0. The Kier molecular flexibility index (Phi) is 7.09. The van der Waals surface area contributed by atoms with Crippen LogP contribution in [-0.4, -0.2) is 55.5 Å². The molecule has 1 heterocycles. The van der Waals surface area contributed by atoms with E-state index in [-0.39, 0.29) is 5.91 Å². The molecule has 0 aliphatic heterocycles. The molecule has 5 nitrogen and oxygen atoms in total. The Bertz CT molecular complexity index is 732. The van der Waals surface area contributed by atoms with Crippen LogP contribution in [0.25, 0.3) is 11.0 Å². The lowest BCUT2D eigenvalue weighted by Gasteiger charge is -2.28. The molecule has 1 aromatic heterocycles. The average molecular weight is 360 g/mol. The molecule has 0 spiro atoms. The van der Waals surface area contributed by atoms with Gasteiger partial charge in [0.25, 0.3) is 5.91 Å². The third-order valence-corrected chi connectivity index (χ3v) is 4.74. The number of fused-ring (bicyclic) bond motifs is 1. The Morgan fingerprint density at radius 1 is 1.19 bits per heavy atom. The van der Waals surface area contributed by atoms with E-state index in [1.165, 1.54) is 0 Å². The standard InChI is InChI=1S/C21H32N2O3/c1-7-22(8-2)11-12-23(14-15(3)4)21(24)20-16(5)26-19-10-9-17(25-6)13-18(19)20/h9-10,13,15H,7-8,11-12,14H2,1-6H3. The molecule has 5 heteroatoms. The average Bonchev–Trinajstić information content (AvgIpc) is 2.95. The number of hydrogen-bond donors (Lipinski definition) is 0. The number of carbonyl (C=O) groups is 1. The molecule has 0 radical (unpaired) electrons. The van der Waals surface area contributed by atoms with Gasteiger partial charge in [0.05, 0.1) is 12.7 Å². The van der Waals surface area contributed by atoms with Crippen molar-refractivity contribution in [1.29, 1.82) is 0 Å². The summed E-state index contributed by atoms with van der Waals surface area (Å²) in [5.41, 5.74) is 1.37. The topological polar surface area (TPSA) is 45.9 Å². The Morgan fingerprint density at radius 3 is 2.46 bits per heavy atom. The summed E-state index contributed by atoms with van der Waals surface area (Å²) in [7, 11) is 1.63. The monoisotopic (exact) mass is 360 g/mol. The van der Waals surface area contributed by atoms with Crippen LogP contribution in [0.3, 0.4) is 0 Å². The van der Waals surface area contributed by atoms with Gasteiger partial charge in [0, 0.05) is 25.0 Å². The van der Waals surface area contributed by atoms with E-state index in [2.05, 4.69) is 32.6 Å². The quantitative estimate of drug-likeness (QED) is 0.673. The summed E-state index contributed by atoms with van der Waals surface area (Å²) >= 11 is 0. The van der Waals surface area contributed by atoms with Crippen LogP contribution in [0.4, 0.5) is 0 Å². The minimum Gasteiger partial charge on any atom is -0.497 e. The first kappa shape index (κ1) is 20.3. The zero-order chi connectivity index (χ0) is 19.3. The third kappa shape index (κ3) is 4.58. The van der Waals surface area contributed by atoms with Crippen molar-refractivity contribution in [2.24, 2.45) is 5.92 Å². The summed E-state index contributed by atoms with van der Waals surface area (Å²) in [5.74, 6) is 1.83. The lowest BCUT2D eigenvalue weighted by molar-refractivity contribution is 0.0716. The van der Waals surface area contributed by atoms with Crippen LogP contribution in [0.5, 0.6) is 5.75 Å². The molecule has 1 amide bonds. The van der Waals surface area contributed by atoms with Crippen LogP contribution in [0.1, 0.15) is 43.8 Å². The second-order valence-corrected chi connectivity index (χ2v) is 7.07. The maximum Gasteiger partial charge on any atom is 0.258 e. The highest BCUT2D eigenvalue weighted by atomic mass is 16.5. The van der Waals surface area contributed by atoms with Crippen molar-refractivity contribution in [3.05, 3.63) is 29.5 Å².